The number of hydrogen-bond acceptors (Lipinski definition) is 4. The summed E-state index contributed by atoms with van der Waals surface area (Å²) in [5.74, 6) is 0.579. The minimum absolute atomic E-state index is 0.193. The second-order valence-corrected chi connectivity index (χ2v) is 8.03. The predicted octanol–water partition coefficient (Wildman–Crippen LogP) is 5.00. The number of nitrogens with one attached hydrogen (secondary N) is 2. The van der Waals surface area contributed by atoms with Crippen molar-refractivity contribution >= 4 is 11.4 Å². The molecular formula is C28H31N3O. The van der Waals surface area contributed by atoms with Crippen LogP contribution in [0.4, 0.5) is 5.69 Å². The lowest BCUT2D eigenvalue weighted by molar-refractivity contribution is 0.475. The lowest BCUT2D eigenvalue weighted by Crippen LogP contribution is -2.38. The van der Waals surface area contributed by atoms with Gasteiger partial charge in [0.05, 0.1) is 12.7 Å². The molecule has 2 aromatic rings. The molecule has 0 saturated heterocycles. The lowest BCUT2D eigenvalue weighted by Gasteiger charge is -2.29. The number of rotatable bonds is 8. The van der Waals surface area contributed by atoms with E-state index in [0.717, 1.165) is 31.1 Å². The molecule has 1 aliphatic heterocycles. The van der Waals surface area contributed by atoms with E-state index in [9.17, 15) is 5.11 Å². The molecule has 2 aromatic carbocycles. The van der Waals surface area contributed by atoms with Crippen LogP contribution in [-0.4, -0.2) is 30.9 Å². The molecule has 1 atom stereocenters. The molecule has 2 aliphatic rings. The second kappa shape index (κ2) is 10.7. The zero-order valence-corrected chi connectivity index (χ0v) is 18.5. The Bertz CT molecular complexity index is 1020. The summed E-state index contributed by atoms with van der Waals surface area (Å²) in [6, 6.07) is 18.1. The Hall–Kier alpha value is -3.50. The number of phenolic OH excluding ortho intramolecular Hbond substituents is 1. The van der Waals surface area contributed by atoms with Gasteiger partial charge in [0.2, 0.25) is 0 Å². The number of anilines is 1. The van der Waals surface area contributed by atoms with Crippen molar-refractivity contribution in [3.05, 3.63) is 114 Å². The molecule has 0 spiro atoms. The topological polar surface area (TPSA) is 47.5 Å². The van der Waals surface area contributed by atoms with Gasteiger partial charge in [-0.25, -0.2) is 0 Å². The summed E-state index contributed by atoms with van der Waals surface area (Å²) in [4.78, 5) is 2.25. The van der Waals surface area contributed by atoms with Crippen molar-refractivity contribution in [2.24, 2.45) is 5.92 Å². The monoisotopic (exact) mass is 425 g/mol. The fourth-order valence-corrected chi connectivity index (χ4v) is 4.03. The standard InChI is InChI=1S/C28H31N3O/c1-2-31(25-14-16-26(32)17-15-25)21-29-20-22-18-27(23-10-6-3-4-7-11-23)30-28(19-22)24-12-8-5-9-13-24/h3-19,23,27,29-30,32H,2,20-21H2,1H3. The van der Waals surface area contributed by atoms with Crippen LogP contribution < -0.4 is 15.5 Å². The second-order valence-electron chi connectivity index (χ2n) is 8.03. The highest BCUT2D eigenvalue weighted by molar-refractivity contribution is 5.69. The summed E-state index contributed by atoms with van der Waals surface area (Å²) in [5, 5.41) is 16.9. The van der Waals surface area contributed by atoms with E-state index in [-0.39, 0.29) is 12.0 Å². The molecule has 1 unspecified atom stereocenters. The van der Waals surface area contributed by atoms with Gasteiger partial charge in [0.25, 0.3) is 0 Å². The largest absolute Gasteiger partial charge is 0.508 e. The molecule has 0 saturated carbocycles. The van der Waals surface area contributed by atoms with Crippen LogP contribution in [0.25, 0.3) is 5.70 Å². The summed E-state index contributed by atoms with van der Waals surface area (Å²) in [6.45, 7) is 4.54. The van der Waals surface area contributed by atoms with E-state index < -0.39 is 0 Å². The summed E-state index contributed by atoms with van der Waals surface area (Å²) in [6.07, 6.45) is 17.5. The highest BCUT2D eigenvalue weighted by atomic mass is 16.3. The van der Waals surface area contributed by atoms with Gasteiger partial charge in [0, 0.05) is 30.4 Å². The molecule has 4 heteroatoms. The van der Waals surface area contributed by atoms with Crippen molar-refractivity contribution in [2.45, 2.75) is 13.0 Å². The summed E-state index contributed by atoms with van der Waals surface area (Å²) >= 11 is 0. The van der Waals surface area contributed by atoms with E-state index in [0.29, 0.717) is 5.75 Å². The Morgan fingerprint density at radius 1 is 0.938 bits per heavy atom. The van der Waals surface area contributed by atoms with Crippen LogP contribution in [0.2, 0.25) is 0 Å². The molecule has 1 aliphatic carbocycles. The summed E-state index contributed by atoms with van der Waals surface area (Å²) in [5.41, 5.74) is 4.71. The zero-order chi connectivity index (χ0) is 22.2. The number of allylic oxidation sites excluding steroid dienone is 4. The van der Waals surface area contributed by atoms with E-state index in [1.54, 1.807) is 12.1 Å². The Morgan fingerprint density at radius 2 is 1.66 bits per heavy atom. The first-order chi connectivity index (χ1) is 15.7. The average molecular weight is 426 g/mol. The van der Waals surface area contributed by atoms with Gasteiger partial charge in [-0.15, -0.1) is 0 Å². The summed E-state index contributed by atoms with van der Waals surface area (Å²) < 4.78 is 0. The highest BCUT2D eigenvalue weighted by Gasteiger charge is 2.21. The van der Waals surface area contributed by atoms with Crippen molar-refractivity contribution in [1.82, 2.24) is 10.6 Å². The normalized spacial score (nSPS) is 18.0. The molecule has 0 aromatic heterocycles. The fourth-order valence-electron chi connectivity index (χ4n) is 4.03. The number of aromatic hydroxyl groups is 1. The Morgan fingerprint density at radius 3 is 2.34 bits per heavy atom. The molecule has 164 valence electrons. The van der Waals surface area contributed by atoms with Crippen molar-refractivity contribution in [1.29, 1.82) is 0 Å². The van der Waals surface area contributed by atoms with Crippen LogP contribution in [0.15, 0.2) is 109 Å². The predicted molar refractivity (Wildman–Crippen MR) is 134 cm³/mol. The van der Waals surface area contributed by atoms with Gasteiger partial charge in [-0.3, -0.25) is 5.32 Å². The third kappa shape index (κ3) is 5.59. The van der Waals surface area contributed by atoms with E-state index in [2.05, 4.69) is 95.3 Å². The van der Waals surface area contributed by atoms with Gasteiger partial charge in [-0.2, -0.15) is 0 Å². The number of nitrogens with zero attached hydrogens (tertiary/aromatic N) is 1. The minimum atomic E-state index is 0.193. The first-order valence-corrected chi connectivity index (χ1v) is 11.2. The van der Waals surface area contributed by atoms with Gasteiger partial charge < -0.3 is 15.3 Å². The molecule has 0 fully saturated rings. The third-order valence-electron chi connectivity index (χ3n) is 5.77. The molecular weight excluding hydrogens is 394 g/mol. The average Bonchev–Trinajstić information content (AvgIpc) is 3.13. The maximum absolute atomic E-state index is 9.56. The van der Waals surface area contributed by atoms with E-state index in [4.69, 9.17) is 0 Å². The quantitative estimate of drug-likeness (QED) is 0.521. The number of hydrogen-bond donors (Lipinski definition) is 3. The third-order valence-corrected chi connectivity index (χ3v) is 5.77. The van der Waals surface area contributed by atoms with Crippen LogP contribution in [0.1, 0.15) is 12.5 Å². The van der Waals surface area contributed by atoms with Crippen molar-refractivity contribution in [3.63, 3.8) is 0 Å². The first-order valence-electron chi connectivity index (χ1n) is 11.2. The molecule has 4 nitrogen and oxygen atoms in total. The molecule has 0 bridgehead atoms. The van der Waals surface area contributed by atoms with E-state index in [1.165, 1.54) is 11.1 Å². The maximum Gasteiger partial charge on any atom is 0.115 e. The van der Waals surface area contributed by atoms with Crippen LogP contribution in [0.5, 0.6) is 5.75 Å². The minimum Gasteiger partial charge on any atom is -0.508 e. The van der Waals surface area contributed by atoms with Crippen LogP contribution in [0.3, 0.4) is 0 Å². The van der Waals surface area contributed by atoms with Gasteiger partial charge in [-0.05, 0) is 48.4 Å². The highest BCUT2D eigenvalue weighted by Crippen LogP contribution is 2.24. The van der Waals surface area contributed by atoms with E-state index in [1.807, 2.05) is 18.2 Å². The van der Waals surface area contributed by atoms with Gasteiger partial charge in [0.15, 0.2) is 0 Å². The SMILES string of the molecule is CCN(CNCC1=CC(C2C=CC=CC=C2)NC(c2ccccc2)=C1)c1ccc(O)cc1. The van der Waals surface area contributed by atoms with Crippen LogP contribution in [0, 0.1) is 5.92 Å². The zero-order valence-electron chi connectivity index (χ0n) is 18.5. The Labute approximate surface area is 191 Å². The molecule has 3 N–H and O–H groups in total. The number of phenols is 1. The Kier molecular flexibility index (Phi) is 7.26. The van der Waals surface area contributed by atoms with E-state index >= 15 is 0 Å². The van der Waals surface area contributed by atoms with Crippen molar-refractivity contribution in [3.8, 4) is 5.75 Å². The molecule has 4 rings (SSSR count). The van der Waals surface area contributed by atoms with Gasteiger partial charge in [0.1, 0.15) is 5.75 Å². The number of dihydropyridines is 1. The summed E-state index contributed by atoms with van der Waals surface area (Å²) in [7, 11) is 0. The first kappa shape index (κ1) is 21.7. The lowest BCUT2D eigenvalue weighted by atomic mass is 9.92. The molecule has 32 heavy (non-hydrogen) atoms. The molecule has 0 radical (unpaired) electrons. The van der Waals surface area contributed by atoms with Crippen molar-refractivity contribution < 1.29 is 5.11 Å². The Balaban J connectivity index is 1.48. The smallest absolute Gasteiger partial charge is 0.115 e. The molecule has 0 amide bonds. The number of benzene rings is 2. The molecule has 1 heterocycles. The van der Waals surface area contributed by atoms with Crippen LogP contribution in [-0.2, 0) is 0 Å². The maximum atomic E-state index is 9.56. The van der Waals surface area contributed by atoms with Crippen LogP contribution >= 0.6 is 0 Å². The van der Waals surface area contributed by atoms with Gasteiger partial charge in [-0.1, -0.05) is 72.9 Å². The van der Waals surface area contributed by atoms with Crippen molar-refractivity contribution in [2.75, 3.05) is 24.7 Å². The van der Waals surface area contributed by atoms with Gasteiger partial charge >= 0.3 is 0 Å². The fraction of sp³-hybridized carbons (Fsp3) is 0.214.